The van der Waals surface area contributed by atoms with Gasteiger partial charge >= 0.3 is 0 Å². The Bertz CT molecular complexity index is 1200. The SMILES string of the molecule is CC(C)S(=O)(=O)Nc1ccc2c(c1)N(Cc1cc(F)cc3c1OCOC3)C(=O)/C2=N\O. The van der Waals surface area contributed by atoms with Crippen molar-refractivity contribution in [3.05, 3.63) is 52.8 Å². The van der Waals surface area contributed by atoms with Gasteiger partial charge in [0, 0.05) is 16.7 Å². The van der Waals surface area contributed by atoms with Crippen LogP contribution >= 0.6 is 0 Å². The Morgan fingerprint density at radius 3 is 2.77 bits per heavy atom. The number of carbonyl (C=O) groups excluding carboxylic acids is 1. The Kier molecular flexibility index (Phi) is 5.31. The van der Waals surface area contributed by atoms with Gasteiger partial charge in [0.05, 0.1) is 29.8 Å². The van der Waals surface area contributed by atoms with Gasteiger partial charge in [-0.15, -0.1) is 0 Å². The van der Waals surface area contributed by atoms with Crippen LogP contribution < -0.4 is 14.4 Å². The highest BCUT2D eigenvalue weighted by Gasteiger charge is 2.36. The van der Waals surface area contributed by atoms with Crippen molar-refractivity contribution in [2.45, 2.75) is 32.2 Å². The molecule has 9 nitrogen and oxygen atoms in total. The monoisotopic (exact) mass is 449 g/mol. The lowest BCUT2D eigenvalue weighted by Gasteiger charge is -2.24. The number of rotatable bonds is 5. The van der Waals surface area contributed by atoms with Crippen molar-refractivity contribution in [2.75, 3.05) is 16.4 Å². The number of fused-ring (bicyclic) bond motifs is 2. The Morgan fingerprint density at radius 1 is 1.29 bits per heavy atom. The van der Waals surface area contributed by atoms with E-state index >= 15 is 0 Å². The highest BCUT2D eigenvalue weighted by atomic mass is 32.2. The molecule has 2 aromatic rings. The molecule has 0 radical (unpaired) electrons. The zero-order valence-corrected chi connectivity index (χ0v) is 17.6. The van der Waals surface area contributed by atoms with Crippen LogP contribution in [0.3, 0.4) is 0 Å². The molecule has 0 aromatic heterocycles. The number of anilines is 2. The molecule has 0 aliphatic carbocycles. The summed E-state index contributed by atoms with van der Waals surface area (Å²) in [6, 6.07) is 7.01. The zero-order valence-electron chi connectivity index (χ0n) is 16.8. The summed E-state index contributed by atoms with van der Waals surface area (Å²) in [5.41, 5.74) is 1.63. The number of sulfonamides is 1. The minimum absolute atomic E-state index is 0.000639. The summed E-state index contributed by atoms with van der Waals surface area (Å²) in [6.07, 6.45) is 0. The predicted octanol–water partition coefficient (Wildman–Crippen LogP) is 2.57. The van der Waals surface area contributed by atoms with Gasteiger partial charge in [0.15, 0.2) is 12.5 Å². The number of ether oxygens (including phenoxy) is 2. The number of halogens is 1. The number of hydrogen-bond acceptors (Lipinski definition) is 7. The fourth-order valence-corrected chi connectivity index (χ4v) is 4.14. The Morgan fingerprint density at radius 2 is 2.06 bits per heavy atom. The smallest absolute Gasteiger partial charge is 0.281 e. The topological polar surface area (TPSA) is 118 Å². The van der Waals surface area contributed by atoms with E-state index in [9.17, 15) is 22.8 Å². The van der Waals surface area contributed by atoms with Crippen molar-refractivity contribution in [1.29, 1.82) is 0 Å². The first-order valence-corrected chi connectivity index (χ1v) is 11.0. The Hall–Kier alpha value is -3.18. The van der Waals surface area contributed by atoms with E-state index in [2.05, 4.69) is 9.88 Å². The number of amides is 1. The second kappa shape index (κ2) is 7.82. The number of oxime groups is 1. The Balaban J connectivity index is 1.75. The van der Waals surface area contributed by atoms with E-state index < -0.39 is 27.0 Å². The predicted molar refractivity (Wildman–Crippen MR) is 110 cm³/mol. The van der Waals surface area contributed by atoms with E-state index in [0.717, 1.165) is 0 Å². The number of benzene rings is 2. The van der Waals surface area contributed by atoms with Gasteiger partial charge in [-0.2, -0.15) is 0 Å². The first-order chi connectivity index (χ1) is 14.7. The molecule has 1 amide bonds. The Labute approximate surface area is 178 Å². The van der Waals surface area contributed by atoms with Crippen LogP contribution in [0.25, 0.3) is 0 Å². The van der Waals surface area contributed by atoms with Gasteiger partial charge in [0.25, 0.3) is 5.91 Å². The van der Waals surface area contributed by atoms with Crippen molar-refractivity contribution >= 4 is 33.0 Å². The van der Waals surface area contributed by atoms with Crippen molar-refractivity contribution in [3.8, 4) is 5.75 Å². The van der Waals surface area contributed by atoms with Crippen molar-refractivity contribution in [1.82, 2.24) is 0 Å². The zero-order chi connectivity index (χ0) is 22.3. The number of nitrogens with one attached hydrogen (secondary N) is 1. The summed E-state index contributed by atoms with van der Waals surface area (Å²) in [6.45, 7) is 3.18. The molecule has 164 valence electrons. The van der Waals surface area contributed by atoms with Gasteiger partial charge in [0.2, 0.25) is 10.0 Å². The van der Waals surface area contributed by atoms with E-state index in [1.165, 1.54) is 35.2 Å². The third kappa shape index (κ3) is 3.81. The van der Waals surface area contributed by atoms with E-state index in [1.54, 1.807) is 13.8 Å². The molecule has 11 heteroatoms. The van der Waals surface area contributed by atoms with Crippen LogP contribution in [0.5, 0.6) is 5.75 Å². The molecule has 2 heterocycles. The van der Waals surface area contributed by atoms with E-state index in [-0.39, 0.29) is 31.3 Å². The van der Waals surface area contributed by atoms with E-state index in [0.29, 0.717) is 28.1 Å². The van der Waals surface area contributed by atoms with Crippen LogP contribution in [0.15, 0.2) is 35.5 Å². The number of hydrogen-bond donors (Lipinski definition) is 2. The summed E-state index contributed by atoms with van der Waals surface area (Å²) >= 11 is 0. The van der Waals surface area contributed by atoms with Crippen LogP contribution in [-0.2, 0) is 32.7 Å². The summed E-state index contributed by atoms with van der Waals surface area (Å²) in [7, 11) is -3.61. The van der Waals surface area contributed by atoms with Crippen LogP contribution in [0, 0.1) is 5.82 Å². The third-order valence-electron chi connectivity index (χ3n) is 5.05. The molecule has 0 fully saturated rings. The minimum atomic E-state index is -3.61. The average molecular weight is 449 g/mol. The van der Waals surface area contributed by atoms with Crippen LogP contribution in [0.2, 0.25) is 0 Å². The van der Waals surface area contributed by atoms with Gasteiger partial charge in [-0.25, -0.2) is 12.8 Å². The normalized spacial score (nSPS) is 17.0. The lowest BCUT2D eigenvalue weighted by Crippen LogP contribution is -2.30. The molecule has 4 rings (SSSR count). The first-order valence-electron chi connectivity index (χ1n) is 9.43. The van der Waals surface area contributed by atoms with Gasteiger partial charge in [0.1, 0.15) is 11.6 Å². The molecule has 0 unspecified atom stereocenters. The van der Waals surface area contributed by atoms with Gasteiger partial charge < -0.3 is 19.6 Å². The molecular formula is C20H20FN3O6S. The molecule has 0 bridgehead atoms. The minimum Gasteiger partial charge on any atom is -0.467 e. The van der Waals surface area contributed by atoms with Crippen LogP contribution in [0.1, 0.15) is 30.5 Å². The van der Waals surface area contributed by atoms with Crippen molar-refractivity contribution < 1.29 is 32.3 Å². The molecule has 2 aliphatic rings. The molecule has 0 spiro atoms. The number of nitrogens with zero attached hydrogens (tertiary/aromatic N) is 2. The first kappa shape index (κ1) is 21.1. The fourth-order valence-electron chi connectivity index (χ4n) is 3.45. The van der Waals surface area contributed by atoms with Gasteiger partial charge in [-0.1, -0.05) is 5.16 Å². The van der Waals surface area contributed by atoms with E-state index in [1.807, 2.05) is 0 Å². The van der Waals surface area contributed by atoms with Crippen LogP contribution in [-0.4, -0.2) is 37.3 Å². The molecule has 2 aromatic carbocycles. The largest absolute Gasteiger partial charge is 0.467 e. The van der Waals surface area contributed by atoms with Gasteiger partial charge in [-0.05, 0) is 44.2 Å². The van der Waals surface area contributed by atoms with Crippen molar-refractivity contribution in [3.63, 3.8) is 0 Å². The maximum atomic E-state index is 14.1. The summed E-state index contributed by atoms with van der Waals surface area (Å²) in [4.78, 5) is 14.2. The lowest BCUT2D eigenvalue weighted by molar-refractivity contribution is -0.112. The summed E-state index contributed by atoms with van der Waals surface area (Å²) < 4.78 is 51.8. The molecule has 2 N–H and O–H groups in total. The van der Waals surface area contributed by atoms with E-state index in [4.69, 9.17) is 9.47 Å². The molecule has 2 aliphatic heterocycles. The maximum Gasteiger partial charge on any atom is 0.281 e. The lowest BCUT2D eigenvalue weighted by atomic mass is 10.1. The fraction of sp³-hybridized carbons (Fsp3) is 0.300. The highest BCUT2D eigenvalue weighted by molar-refractivity contribution is 7.93. The third-order valence-corrected chi connectivity index (χ3v) is 6.81. The van der Waals surface area contributed by atoms with Gasteiger partial charge in [-0.3, -0.25) is 9.52 Å². The maximum absolute atomic E-state index is 14.1. The molecule has 0 atom stereocenters. The summed E-state index contributed by atoms with van der Waals surface area (Å²) in [5, 5.41) is 11.8. The summed E-state index contributed by atoms with van der Waals surface area (Å²) in [5.74, 6) is -0.691. The molecular weight excluding hydrogens is 429 g/mol. The molecule has 0 saturated carbocycles. The second-order valence-electron chi connectivity index (χ2n) is 7.43. The van der Waals surface area contributed by atoms with Crippen LogP contribution in [0.4, 0.5) is 15.8 Å². The quantitative estimate of drug-likeness (QED) is 0.535. The van der Waals surface area contributed by atoms with Crippen molar-refractivity contribution in [2.24, 2.45) is 5.16 Å². The standard InChI is InChI=1S/C20H20FN3O6S/c1-11(2)31(27,28)23-15-3-4-16-17(7-15)24(20(25)18(16)22-26)8-12-5-14(21)6-13-9-29-10-30-19(12)13/h3-7,11,23,26H,8-10H2,1-2H3/b22-18-. The second-order valence-corrected chi connectivity index (χ2v) is 9.67. The molecule has 31 heavy (non-hydrogen) atoms. The average Bonchev–Trinajstić information content (AvgIpc) is 2.98. The highest BCUT2D eigenvalue weighted by Crippen LogP contribution is 2.37. The molecule has 0 saturated heterocycles. The number of carbonyl (C=O) groups is 1.